The van der Waals surface area contributed by atoms with Gasteiger partial charge in [-0.1, -0.05) is 12.1 Å². The molecule has 0 saturated heterocycles. The van der Waals surface area contributed by atoms with Crippen molar-refractivity contribution in [3.05, 3.63) is 53.8 Å². The van der Waals surface area contributed by atoms with Crippen molar-refractivity contribution in [1.29, 1.82) is 0 Å². The van der Waals surface area contributed by atoms with Crippen LogP contribution in [-0.2, 0) is 30.9 Å². The van der Waals surface area contributed by atoms with E-state index in [1.165, 1.54) is 23.3 Å². The maximum absolute atomic E-state index is 12.3. The zero-order valence-electron chi connectivity index (χ0n) is 16.8. The van der Waals surface area contributed by atoms with Gasteiger partial charge in [0.05, 0.1) is 17.9 Å². The molecule has 0 atom stereocenters. The predicted octanol–water partition coefficient (Wildman–Crippen LogP) is 1.08. The van der Waals surface area contributed by atoms with E-state index in [4.69, 9.17) is 9.47 Å². The van der Waals surface area contributed by atoms with E-state index in [1.54, 1.807) is 11.9 Å². The van der Waals surface area contributed by atoms with E-state index in [-0.39, 0.29) is 29.6 Å². The molecule has 0 aliphatic carbocycles. The lowest BCUT2D eigenvalue weighted by molar-refractivity contribution is -0.148. The number of rotatable bonds is 7. The fourth-order valence-electron chi connectivity index (χ4n) is 2.86. The summed E-state index contributed by atoms with van der Waals surface area (Å²) in [5.41, 5.74) is 1.14. The number of esters is 1. The Morgan fingerprint density at radius 3 is 2.63 bits per heavy atom. The Bertz CT molecular complexity index is 1010. The van der Waals surface area contributed by atoms with Crippen molar-refractivity contribution in [2.75, 3.05) is 32.6 Å². The van der Waals surface area contributed by atoms with E-state index in [0.29, 0.717) is 13.2 Å². The minimum absolute atomic E-state index is 0.127. The molecule has 2 heterocycles. The van der Waals surface area contributed by atoms with Crippen molar-refractivity contribution < 1.29 is 27.5 Å². The Morgan fingerprint density at radius 2 is 1.93 bits per heavy atom. The van der Waals surface area contributed by atoms with Crippen molar-refractivity contribution in [2.45, 2.75) is 13.5 Å². The predicted molar refractivity (Wildman–Crippen MR) is 110 cm³/mol. The molecule has 0 bridgehead atoms. The standard InChI is InChI=1S/C20H23N3O6S/c1-3-28-17-7-4-15(5-8-17)12-22(2)19(24)14-29-20(25)16-6-9-18-21-30(26,27)11-10-23(18)13-16/h4-9,13H,3,10-12,14H2,1-2H3. The average Bonchev–Trinajstić information content (AvgIpc) is 2.72. The highest BCUT2D eigenvalue weighted by molar-refractivity contribution is 7.90. The van der Waals surface area contributed by atoms with Gasteiger partial charge in [-0.15, -0.1) is 4.40 Å². The topological polar surface area (TPSA) is 106 Å². The van der Waals surface area contributed by atoms with Gasteiger partial charge >= 0.3 is 5.97 Å². The number of likely N-dealkylation sites (N-methyl/N-ethyl adjacent to an activating group) is 1. The summed E-state index contributed by atoms with van der Waals surface area (Å²) in [6.07, 6.45) is 4.34. The quantitative estimate of drug-likeness (QED) is 0.593. The number of amides is 1. The van der Waals surface area contributed by atoms with Crippen LogP contribution in [-0.4, -0.2) is 68.5 Å². The summed E-state index contributed by atoms with van der Waals surface area (Å²) >= 11 is 0. The molecule has 0 radical (unpaired) electrons. The van der Waals surface area contributed by atoms with Gasteiger partial charge in [-0.3, -0.25) is 4.79 Å². The molecule has 0 aromatic heterocycles. The average molecular weight is 433 g/mol. The van der Waals surface area contributed by atoms with Crippen LogP contribution < -0.4 is 4.74 Å². The minimum Gasteiger partial charge on any atom is -0.494 e. The van der Waals surface area contributed by atoms with Gasteiger partial charge in [0, 0.05) is 26.3 Å². The molecule has 0 spiro atoms. The molecule has 1 aromatic carbocycles. The zero-order chi connectivity index (χ0) is 21.7. The van der Waals surface area contributed by atoms with Crippen LogP contribution in [0.5, 0.6) is 5.75 Å². The molecule has 0 fully saturated rings. The van der Waals surface area contributed by atoms with Gasteiger partial charge in [-0.05, 0) is 36.8 Å². The maximum atomic E-state index is 12.3. The van der Waals surface area contributed by atoms with Crippen LogP contribution >= 0.6 is 0 Å². The number of benzene rings is 1. The van der Waals surface area contributed by atoms with Gasteiger partial charge in [0.25, 0.3) is 15.9 Å². The van der Waals surface area contributed by atoms with Gasteiger partial charge in [0.2, 0.25) is 0 Å². The van der Waals surface area contributed by atoms with Crippen molar-refractivity contribution in [2.24, 2.45) is 4.40 Å². The molecule has 2 aliphatic heterocycles. The second-order valence-electron chi connectivity index (χ2n) is 6.75. The number of hydrogen-bond donors (Lipinski definition) is 0. The molecule has 160 valence electrons. The highest BCUT2D eigenvalue weighted by Gasteiger charge is 2.25. The highest BCUT2D eigenvalue weighted by atomic mass is 32.2. The van der Waals surface area contributed by atoms with Crippen molar-refractivity contribution in [1.82, 2.24) is 9.80 Å². The van der Waals surface area contributed by atoms with E-state index < -0.39 is 22.6 Å². The molecule has 0 unspecified atom stereocenters. The number of amidine groups is 1. The molecule has 9 nitrogen and oxygen atoms in total. The monoisotopic (exact) mass is 433 g/mol. The van der Waals surface area contributed by atoms with Gasteiger partial charge in [0.1, 0.15) is 11.6 Å². The SMILES string of the molecule is CCOc1ccc(CN(C)C(=O)COC(=O)C2=CN3CCS(=O)(=O)N=C3C=C2)cc1. The first-order chi connectivity index (χ1) is 14.3. The highest BCUT2D eigenvalue weighted by Crippen LogP contribution is 2.17. The fraction of sp³-hybridized carbons (Fsp3) is 0.350. The smallest absolute Gasteiger partial charge is 0.340 e. The Labute approximate surface area is 175 Å². The van der Waals surface area contributed by atoms with Gasteiger partial charge < -0.3 is 19.3 Å². The summed E-state index contributed by atoms with van der Waals surface area (Å²) in [6, 6.07) is 7.41. The Kier molecular flexibility index (Phi) is 6.56. The minimum atomic E-state index is -3.46. The molecule has 0 N–H and O–H groups in total. The fourth-order valence-corrected chi connectivity index (χ4v) is 3.83. The van der Waals surface area contributed by atoms with Crippen molar-refractivity contribution in [3.8, 4) is 5.75 Å². The number of nitrogens with zero attached hydrogens (tertiary/aromatic N) is 3. The largest absolute Gasteiger partial charge is 0.494 e. The van der Waals surface area contributed by atoms with Gasteiger partial charge in [0.15, 0.2) is 6.61 Å². The first-order valence-electron chi connectivity index (χ1n) is 9.39. The molecule has 2 aliphatic rings. The third-order valence-corrected chi connectivity index (χ3v) is 5.63. The molecular weight excluding hydrogens is 410 g/mol. The molecule has 10 heteroatoms. The van der Waals surface area contributed by atoms with E-state index in [0.717, 1.165) is 11.3 Å². The summed E-state index contributed by atoms with van der Waals surface area (Å²) in [7, 11) is -1.83. The van der Waals surface area contributed by atoms with Crippen LogP contribution in [0, 0.1) is 0 Å². The zero-order valence-corrected chi connectivity index (χ0v) is 17.6. The number of hydrogen-bond acceptors (Lipinski definition) is 7. The molecule has 1 aromatic rings. The molecular formula is C20H23N3O6S. The maximum Gasteiger partial charge on any atom is 0.340 e. The molecule has 0 saturated carbocycles. The number of fused-ring (bicyclic) bond motifs is 1. The third kappa shape index (κ3) is 5.47. The molecule has 3 rings (SSSR count). The van der Waals surface area contributed by atoms with Crippen molar-refractivity contribution in [3.63, 3.8) is 0 Å². The molecule has 30 heavy (non-hydrogen) atoms. The summed E-state index contributed by atoms with van der Waals surface area (Å²) in [5.74, 6) is -0.121. The second-order valence-corrected chi connectivity index (χ2v) is 8.50. The lowest BCUT2D eigenvalue weighted by Crippen LogP contribution is -2.37. The van der Waals surface area contributed by atoms with Gasteiger partial charge in [-0.2, -0.15) is 0 Å². The summed E-state index contributed by atoms with van der Waals surface area (Å²) in [5, 5.41) is 0. The number of ether oxygens (including phenoxy) is 2. The van der Waals surface area contributed by atoms with E-state index in [9.17, 15) is 18.0 Å². The van der Waals surface area contributed by atoms with Crippen molar-refractivity contribution >= 4 is 27.7 Å². The first kappa shape index (κ1) is 21.6. The van der Waals surface area contributed by atoms with E-state index in [2.05, 4.69) is 4.40 Å². The number of carbonyl (C=O) groups excluding carboxylic acids is 2. The summed E-state index contributed by atoms with van der Waals surface area (Å²) in [4.78, 5) is 27.6. The van der Waals surface area contributed by atoms with Crippen LogP contribution in [0.15, 0.2) is 52.6 Å². The number of sulfonamides is 1. The van der Waals surface area contributed by atoms with Crippen LogP contribution in [0.4, 0.5) is 0 Å². The lowest BCUT2D eigenvalue weighted by Gasteiger charge is -2.26. The normalized spacial score (nSPS) is 16.8. The molecule has 1 amide bonds. The number of carbonyl (C=O) groups is 2. The van der Waals surface area contributed by atoms with Crippen LogP contribution in [0.3, 0.4) is 0 Å². The Balaban J connectivity index is 1.51. The third-order valence-electron chi connectivity index (χ3n) is 4.47. The first-order valence-corrected chi connectivity index (χ1v) is 11.0. The van der Waals surface area contributed by atoms with Crippen LogP contribution in [0.1, 0.15) is 12.5 Å². The van der Waals surface area contributed by atoms with Crippen LogP contribution in [0.25, 0.3) is 0 Å². The van der Waals surface area contributed by atoms with Gasteiger partial charge in [-0.25, -0.2) is 13.2 Å². The Morgan fingerprint density at radius 1 is 1.20 bits per heavy atom. The lowest BCUT2D eigenvalue weighted by atomic mass is 10.2. The second kappa shape index (κ2) is 9.12. The van der Waals surface area contributed by atoms with E-state index in [1.807, 2.05) is 31.2 Å². The van der Waals surface area contributed by atoms with Crippen LogP contribution in [0.2, 0.25) is 0 Å². The Hall–Kier alpha value is -3.14. The summed E-state index contributed by atoms with van der Waals surface area (Å²) < 4.78 is 37.2. The van der Waals surface area contributed by atoms with E-state index >= 15 is 0 Å². The summed E-state index contributed by atoms with van der Waals surface area (Å²) in [6.45, 7) is 2.66.